The van der Waals surface area contributed by atoms with E-state index in [1.807, 2.05) is 39.0 Å². The number of benzene rings is 2. The molecule has 0 radical (unpaired) electrons. The highest BCUT2D eigenvalue weighted by molar-refractivity contribution is 6.31. The molecular formula is C21H25ClN2O3. The number of hydrogen-bond donors (Lipinski definition) is 1. The summed E-state index contributed by atoms with van der Waals surface area (Å²) in [4.78, 5) is 26.2. The molecule has 2 amide bonds. The number of carbonyl (C=O) groups is 2. The van der Waals surface area contributed by atoms with Crippen LogP contribution in [0.1, 0.15) is 30.0 Å². The highest BCUT2D eigenvalue weighted by Gasteiger charge is 2.16. The number of halogens is 1. The Balaban J connectivity index is 2.11. The van der Waals surface area contributed by atoms with Gasteiger partial charge in [0.25, 0.3) is 0 Å². The lowest BCUT2D eigenvalue weighted by Crippen LogP contribution is -2.32. The van der Waals surface area contributed by atoms with E-state index in [1.165, 1.54) is 14.0 Å². The molecule has 0 unspecified atom stereocenters. The second-order valence-electron chi connectivity index (χ2n) is 6.56. The Morgan fingerprint density at radius 3 is 2.41 bits per heavy atom. The molecule has 0 saturated heterocycles. The van der Waals surface area contributed by atoms with Crippen LogP contribution in [0.5, 0.6) is 5.75 Å². The summed E-state index contributed by atoms with van der Waals surface area (Å²) in [7, 11) is 1.52. The molecule has 0 aliphatic carbocycles. The molecule has 2 aromatic rings. The van der Waals surface area contributed by atoms with Gasteiger partial charge in [0.05, 0.1) is 12.8 Å². The Morgan fingerprint density at radius 2 is 1.81 bits per heavy atom. The van der Waals surface area contributed by atoms with Crippen molar-refractivity contribution in [2.24, 2.45) is 0 Å². The monoisotopic (exact) mass is 388 g/mol. The topological polar surface area (TPSA) is 58.6 Å². The number of nitrogens with zero attached hydrogens (tertiary/aromatic N) is 1. The fourth-order valence-electron chi connectivity index (χ4n) is 2.91. The number of anilines is 2. The minimum atomic E-state index is -0.203. The molecule has 2 rings (SSSR count). The largest absolute Gasteiger partial charge is 0.495 e. The number of hydrogen-bond acceptors (Lipinski definition) is 3. The number of methoxy groups -OCH3 is 1. The molecule has 2 aromatic carbocycles. The quantitative estimate of drug-likeness (QED) is 0.783. The number of rotatable bonds is 6. The van der Waals surface area contributed by atoms with Crippen molar-refractivity contribution in [1.29, 1.82) is 0 Å². The van der Waals surface area contributed by atoms with Crippen LogP contribution in [-0.4, -0.2) is 25.5 Å². The van der Waals surface area contributed by atoms with Gasteiger partial charge in [-0.15, -0.1) is 0 Å². The molecule has 0 spiro atoms. The fraction of sp³-hybridized carbons (Fsp3) is 0.333. The van der Waals surface area contributed by atoms with Gasteiger partial charge in [0.2, 0.25) is 11.8 Å². The highest BCUT2D eigenvalue weighted by atomic mass is 35.5. The fourth-order valence-corrected chi connectivity index (χ4v) is 3.07. The first-order valence-corrected chi connectivity index (χ1v) is 9.10. The molecule has 0 bridgehead atoms. The smallest absolute Gasteiger partial charge is 0.226 e. The van der Waals surface area contributed by atoms with E-state index in [4.69, 9.17) is 16.3 Å². The molecule has 0 fully saturated rings. The van der Waals surface area contributed by atoms with Gasteiger partial charge in [-0.3, -0.25) is 9.59 Å². The summed E-state index contributed by atoms with van der Waals surface area (Å²) in [6.07, 6.45) is 0.164. The SMILES string of the molecule is COc1cc(Cl)c(C)cc1NC(=O)CCN(C(C)=O)c1ccc(C)cc1C. The minimum absolute atomic E-state index is 0.102. The summed E-state index contributed by atoms with van der Waals surface area (Å²) in [6.45, 7) is 7.61. The molecule has 1 N–H and O–H groups in total. The zero-order valence-corrected chi connectivity index (χ0v) is 17.1. The first-order chi connectivity index (χ1) is 12.7. The van der Waals surface area contributed by atoms with Crippen molar-refractivity contribution in [2.45, 2.75) is 34.1 Å². The maximum absolute atomic E-state index is 12.4. The van der Waals surface area contributed by atoms with E-state index < -0.39 is 0 Å². The molecule has 6 heteroatoms. The standard InChI is InChI=1S/C21H25ClN2O3/c1-13-6-7-19(15(3)10-13)24(16(4)25)9-8-21(26)23-18-11-14(2)17(22)12-20(18)27-5/h6-7,10-12H,8-9H2,1-5H3,(H,23,26). The number of carbonyl (C=O) groups excluding carboxylic acids is 2. The van der Waals surface area contributed by atoms with Gasteiger partial charge in [-0.25, -0.2) is 0 Å². The normalized spacial score (nSPS) is 10.4. The van der Waals surface area contributed by atoms with Crippen LogP contribution in [0.15, 0.2) is 30.3 Å². The lowest BCUT2D eigenvalue weighted by Gasteiger charge is -2.23. The lowest BCUT2D eigenvalue weighted by atomic mass is 10.1. The first kappa shape index (κ1) is 20.8. The third-order valence-corrected chi connectivity index (χ3v) is 4.75. The number of amides is 2. The molecule has 27 heavy (non-hydrogen) atoms. The van der Waals surface area contributed by atoms with Gasteiger partial charge < -0.3 is 15.0 Å². The first-order valence-electron chi connectivity index (χ1n) is 8.72. The Bertz CT molecular complexity index is 865. The average molecular weight is 389 g/mol. The van der Waals surface area contributed by atoms with Crippen LogP contribution < -0.4 is 15.0 Å². The van der Waals surface area contributed by atoms with Crippen LogP contribution >= 0.6 is 11.6 Å². The van der Waals surface area contributed by atoms with Gasteiger partial charge in [0.1, 0.15) is 5.75 Å². The number of aryl methyl sites for hydroxylation is 3. The summed E-state index contributed by atoms with van der Waals surface area (Å²) in [5.41, 5.74) is 4.35. The minimum Gasteiger partial charge on any atom is -0.495 e. The second-order valence-corrected chi connectivity index (χ2v) is 6.97. The Hall–Kier alpha value is -2.53. The molecule has 0 aromatic heterocycles. The van der Waals surface area contributed by atoms with Crippen LogP contribution in [0.25, 0.3) is 0 Å². The van der Waals surface area contributed by atoms with E-state index in [0.29, 0.717) is 23.0 Å². The Labute approximate surface area is 165 Å². The van der Waals surface area contributed by atoms with E-state index in [2.05, 4.69) is 5.32 Å². The molecule has 144 valence electrons. The van der Waals surface area contributed by atoms with Crippen molar-refractivity contribution in [3.63, 3.8) is 0 Å². The van der Waals surface area contributed by atoms with Crippen LogP contribution in [0, 0.1) is 20.8 Å². The van der Waals surface area contributed by atoms with E-state index in [0.717, 1.165) is 22.4 Å². The summed E-state index contributed by atoms with van der Waals surface area (Å²) in [6, 6.07) is 9.33. The molecule has 0 atom stereocenters. The van der Waals surface area contributed by atoms with Crippen molar-refractivity contribution < 1.29 is 14.3 Å². The summed E-state index contributed by atoms with van der Waals surface area (Å²) in [5.74, 6) is 0.192. The second kappa shape index (κ2) is 8.91. The summed E-state index contributed by atoms with van der Waals surface area (Å²) < 4.78 is 5.28. The maximum atomic E-state index is 12.4. The van der Waals surface area contributed by atoms with Gasteiger partial charge >= 0.3 is 0 Å². The average Bonchev–Trinajstić information content (AvgIpc) is 2.59. The van der Waals surface area contributed by atoms with Crippen LogP contribution in [0.4, 0.5) is 11.4 Å². The Morgan fingerprint density at radius 1 is 1.11 bits per heavy atom. The molecular weight excluding hydrogens is 364 g/mol. The van der Waals surface area contributed by atoms with E-state index in [1.54, 1.807) is 17.0 Å². The molecule has 0 heterocycles. The number of nitrogens with one attached hydrogen (secondary N) is 1. The van der Waals surface area contributed by atoms with Crippen molar-refractivity contribution in [2.75, 3.05) is 23.9 Å². The molecule has 0 aliphatic rings. The van der Waals surface area contributed by atoms with Gasteiger partial charge in [0, 0.05) is 36.7 Å². The summed E-state index contributed by atoms with van der Waals surface area (Å²) >= 11 is 6.10. The van der Waals surface area contributed by atoms with Gasteiger partial charge in [-0.05, 0) is 44.0 Å². The van der Waals surface area contributed by atoms with E-state index in [-0.39, 0.29) is 18.2 Å². The van der Waals surface area contributed by atoms with Crippen molar-refractivity contribution >= 4 is 34.8 Å². The van der Waals surface area contributed by atoms with Crippen LogP contribution in [0.2, 0.25) is 5.02 Å². The third-order valence-electron chi connectivity index (χ3n) is 4.34. The van der Waals surface area contributed by atoms with Crippen molar-refractivity contribution in [3.8, 4) is 5.75 Å². The predicted molar refractivity (Wildman–Crippen MR) is 110 cm³/mol. The number of ether oxygens (including phenoxy) is 1. The molecule has 0 aliphatic heterocycles. The maximum Gasteiger partial charge on any atom is 0.226 e. The predicted octanol–water partition coefficient (Wildman–Crippen LogP) is 4.66. The third kappa shape index (κ3) is 5.23. The molecule has 0 saturated carbocycles. The Kier molecular flexibility index (Phi) is 6.86. The van der Waals surface area contributed by atoms with Gasteiger partial charge in [0.15, 0.2) is 0 Å². The van der Waals surface area contributed by atoms with Crippen molar-refractivity contribution in [3.05, 3.63) is 52.0 Å². The van der Waals surface area contributed by atoms with E-state index >= 15 is 0 Å². The molecule has 5 nitrogen and oxygen atoms in total. The summed E-state index contributed by atoms with van der Waals surface area (Å²) in [5, 5.41) is 3.41. The van der Waals surface area contributed by atoms with Gasteiger partial charge in [-0.1, -0.05) is 29.3 Å². The van der Waals surface area contributed by atoms with Crippen LogP contribution in [-0.2, 0) is 9.59 Å². The lowest BCUT2D eigenvalue weighted by molar-refractivity contribution is -0.117. The highest BCUT2D eigenvalue weighted by Crippen LogP contribution is 2.31. The zero-order valence-electron chi connectivity index (χ0n) is 16.4. The van der Waals surface area contributed by atoms with Gasteiger partial charge in [-0.2, -0.15) is 0 Å². The van der Waals surface area contributed by atoms with Crippen molar-refractivity contribution in [1.82, 2.24) is 0 Å². The zero-order chi connectivity index (χ0) is 20.1. The van der Waals surface area contributed by atoms with E-state index in [9.17, 15) is 9.59 Å². The van der Waals surface area contributed by atoms with Crippen LogP contribution in [0.3, 0.4) is 0 Å².